The molecule has 3 aliphatic heterocycles. The van der Waals surface area contributed by atoms with Gasteiger partial charge in [-0.15, -0.1) is 0 Å². The second kappa shape index (κ2) is 14.3. The zero-order chi connectivity index (χ0) is 34.9. The van der Waals surface area contributed by atoms with E-state index in [1.165, 1.54) is 9.13 Å². The Morgan fingerprint density at radius 2 is 1.37 bits per heavy atom. The first-order chi connectivity index (χ1) is 23.7. The summed E-state index contributed by atoms with van der Waals surface area (Å²) in [6.07, 6.45) is 10.4. The standard InChI is InChI=1S/C18H24N4O4.C16H24N4O3/c1-3-9-21-13-12(14(23)22(10-4-2)17(21)25)19-16(20-13)18-7-5-11(6-8-18)15(24)26-18;1-3-8-18-14-13(15(21)19(9-4-2)16(18)22)20(11-17-14)12-7-5-6-10-23-12/h11H,3-10H2,1-2H3,(H,19,20);11-12H,3-10H2,1-2H3. The molecule has 0 amide bonds. The van der Waals surface area contributed by atoms with Crippen LogP contribution in [0, 0.1) is 5.92 Å². The lowest BCUT2D eigenvalue weighted by atomic mass is 9.75. The van der Waals surface area contributed by atoms with E-state index in [1.807, 2.05) is 32.3 Å². The Morgan fingerprint density at radius 3 is 1.94 bits per heavy atom. The quantitative estimate of drug-likeness (QED) is 0.246. The molecule has 1 unspecified atom stereocenters. The highest BCUT2D eigenvalue weighted by molar-refractivity contribution is 5.76. The molecule has 0 radical (unpaired) electrons. The average Bonchev–Trinajstić information content (AvgIpc) is 3.77. The molecule has 49 heavy (non-hydrogen) atoms. The van der Waals surface area contributed by atoms with Gasteiger partial charge in [-0.3, -0.25) is 37.2 Å². The van der Waals surface area contributed by atoms with Crippen LogP contribution in [-0.2, 0) is 46.0 Å². The molecule has 4 aliphatic rings. The number of nitrogens with zero attached hydrogens (tertiary/aromatic N) is 7. The summed E-state index contributed by atoms with van der Waals surface area (Å²) in [6, 6.07) is 0. The second-order valence-corrected chi connectivity index (χ2v) is 13.4. The first-order valence-electron chi connectivity index (χ1n) is 18.0. The molecule has 1 saturated carbocycles. The summed E-state index contributed by atoms with van der Waals surface area (Å²) in [6.45, 7) is 10.4. The monoisotopic (exact) mass is 680 g/mol. The normalized spacial score (nSPS) is 22.0. The second-order valence-electron chi connectivity index (χ2n) is 13.4. The first-order valence-corrected chi connectivity index (χ1v) is 18.0. The average molecular weight is 681 g/mol. The minimum absolute atomic E-state index is 0.0127. The highest BCUT2D eigenvalue weighted by atomic mass is 16.6. The van der Waals surface area contributed by atoms with Crippen LogP contribution in [0.3, 0.4) is 0 Å². The molecule has 4 fully saturated rings. The fraction of sp³-hybridized carbons (Fsp3) is 0.676. The smallest absolute Gasteiger partial charge is 0.332 e. The van der Waals surface area contributed by atoms with Crippen molar-refractivity contribution in [3.8, 4) is 0 Å². The Balaban J connectivity index is 0.000000171. The number of imidazole rings is 2. The van der Waals surface area contributed by atoms with E-state index >= 15 is 0 Å². The number of carbonyl (C=O) groups excluding carboxylic acids is 1. The third-order valence-corrected chi connectivity index (χ3v) is 9.91. The van der Waals surface area contributed by atoms with Crippen LogP contribution in [0.15, 0.2) is 25.5 Å². The van der Waals surface area contributed by atoms with E-state index in [0.29, 0.717) is 80.2 Å². The minimum Gasteiger partial charge on any atom is -0.451 e. The lowest BCUT2D eigenvalue weighted by Gasteiger charge is -2.43. The van der Waals surface area contributed by atoms with Gasteiger partial charge in [-0.05, 0) is 70.6 Å². The van der Waals surface area contributed by atoms with Gasteiger partial charge in [-0.25, -0.2) is 19.6 Å². The van der Waals surface area contributed by atoms with Crippen molar-refractivity contribution in [1.82, 2.24) is 37.8 Å². The number of aromatic nitrogens is 8. The topological polar surface area (TPSA) is 170 Å². The van der Waals surface area contributed by atoms with Crippen molar-refractivity contribution in [3.63, 3.8) is 0 Å². The van der Waals surface area contributed by atoms with Crippen molar-refractivity contribution >= 4 is 28.3 Å². The van der Waals surface area contributed by atoms with E-state index in [4.69, 9.17) is 9.47 Å². The minimum atomic E-state index is -0.792. The van der Waals surface area contributed by atoms with Crippen LogP contribution in [0.5, 0.6) is 0 Å². The van der Waals surface area contributed by atoms with E-state index in [0.717, 1.165) is 51.4 Å². The van der Waals surface area contributed by atoms with Crippen LogP contribution in [0.1, 0.15) is 110 Å². The number of esters is 1. The Bertz CT molecular complexity index is 2070. The van der Waals surface area contributed by atoms with Gasteiger partial charge in [0.25, 0.3) is 11.1 Å². The molecule has 7 heterocycles. The van der Waals surface area contributed by atoms with Crippen molar-refractivity contribution in [2.24, 2.45) is 5.92 Å². The summed E-state index contributed by atoms with van der Waals surface area (Å²) >= 11 is 0. The van der Waals surface area contributed by atoms with Gasteiger partial charge in [0.2, 0.25) is 0 Å². The molecule has 1 aliphatic carbocycles. The lowest BCUT2D eigenvalue weighted by Crippen LogP contribution is -2.46. The molecule has 2 bridgehead atoms. The Hall–Kier alpha value is -4.27. The van der Waals surface area contributed by atoms with Gasteiger partial charge in [-0.1, -0.05) is 27.7 Å². The number of fused-ring (bicyclic) bond motifs is 5. The zero-order valence-corrected chi connectivity index (χ0v) is 29.0. The van der Waals surface area contributed by atoms with Crippen LogP contribution >= 0.6 is 0 Å². The molecule has 3 saturated heterocycles. The van der Waals surface area contributed by atoms with Crippen LogP contribution in [0.4, 0.5) is 0 Å². The van der Waals surface area contributed by atoms with Gasteiger partial charge in [0.1, 0.15) is 11.7 Å². The molecular formula is C34H48N8O7. The summed E-state index contributed by atoms with van der Waals surface area (Å²) in [5.74, 6) is 0.299. The number of hydrogen-bond acceptors (Lipinski definition) is 9. The predicted molar refractivity (Wildman–Crippen MR) is 183 cm³/mol. The number of hydrogen-bond donors (Lipinski definition) is 1. The number of nitrogens with one attached hydrogen (secondary N) is 1. The van der Waals surface area contributed by atoms with Gasteiger partial charge in [0.05, 0.1) is 12.2 Å². The van der Waals surface area contributed by atoms with Gasteiger partial charge in [-0.2, -0.15) is 0 Å². The molecule has 8 rings (SSSR count). The van der Waals surface area contributed by atoms with Crippen molar-refractivity contribution in [2.45, 2.75) is 136 Å². The Kier molecular flexibility index (Phi) is 10.1. The molecule has 4 aromatic heterocycles. The van der Waals surface area contributed by atoms with E-state index in [2.05, 4.69) is 15.0 Å². The molecule has 0 spiro atoms. The molecule has 1 N–H and O–H groups in total. The van der Waals surface area contributed by atoms with Crippen molar-refractivity contribution < 1.29 is 14.3 Å². The van der Waals surface area contributed by atoms with Crippen molar-refractivity contribution in [3.05, 3.63) is 53.8 Å². The first kappa shape index (κ1) is 34.6. The van der Waals surface area contributed by atoms with Gasteiger partial charge >= 0.3 is 17.3 Å². The molecule has 0 aromatic carbocycles. The molecule has 1 atom stereocenters. The Morgan fingerprint density at radius 1 is 0.776 bits per heavy atom. The maximum absolute atomic E-state index is 12.9. The van der Waals surface area contributed by atoms with Crippen molar-refractivity contribution in [1.29, 1.82) is 0 Å². The van der Waals surface area contributed by atoms with E-state index in [1.54, 1.807) is 15.5 Å². The fourth-order valence-electron chi connectivity index (χ4n) is 7.42. The fourth-order valence-corrected chi connectivity index (χ4v) is 7.42. The maximum atomic E-state index is 12.9. The Labute approximate surface area is 282 Å². The summed E-state index contributed by atoms with van der Waals surface area (Å²) < 4.78 is 19.1. The number of carbonyl (C=O) groups is 1. The van der Waals surface area contributed by atoms with Crippen molar-refractivity contribution in [2.75, 3.05) is 6.61 Å². The van der Waals surface area contributed by atoms with E-state index in [-0.39, 0.29) is 40.6 Å². The molecule has 15 nitrogen and oxygen atoms in total. The summed E-state index contributed by atoms with van der Waals surface area (Å²) in [5, 5.41) is 0. The number of aryl methyl sites for hydroxylation is 2. The van der Waals surface area contributed by atoms with Crippen LogP contribution in [-0.4, -0.2) is 50.4 Å². The third-order valence-electron chi connectivity index (χ3n) is 9.91. The largest absolute Gasteiger partial charge is 0.451 e. The highest BCUT2D eigenvalue weighted by Crippen LogP contribution is 2.47. The summed E-state index contributed by atoms with van der Waals surface area (Å²) in [7, 11) is 0. The van der Waals surface area contributed by atoms with Gasteiger partial charge in [0.15, 0.2) is 28.2 Å². The van der Waals surface area contributed by atoms with Crippen LogP contribution in [0.25, 0.3) is 22.3 Å². The predicted octanol–water partition coefficient (Wildman–Crippen LogP) is 3.53. The van der Waals surface area contributed by atoms with Gasteiger partial charge < -0.3 is 14.5 Å². The van der Waals surface area contributed by atoms with Gasteiger partial charge in [0, 0.05) is 32.8 Å². The summed E-state index contributed by atoms with van der Waals surface area (Å²) in [4.78, 5) is 75.2. The number of aromatic amines is 1. The molecule has 15 heteroatoms. The number of ether oxygens (including phenoxy) is 2. The molecule has 266 valence electrons. The lowest BCUT2D eigenvalue weighted by molar-refractivity contribution is -0.191. The highest BCUT2D eigenvalue weighted by Gasteiger charge is 2.50. The zero-order valence-electron chi connectivity index (χ0n) is 29.0. The SMILES string of the molecule is CCCn1c(=O)c2[nH]c(C34CCC(CC3)C(=O)O4)nc2n(CCC)c1=O.CCCn1c(=O)c2c(ncn2C2CCCCO2)n(CCC)c1=O. The maximum Gasteiger partial charge on any atom is 0.332 e. The van der Waals surface area contributed by atoms with Crippen LogP contribution in [0.2, 0.25) is 0 Å². The number of H-pyrrole nitrogens is 1. The third kappa shape index (κ3) is 6.10. The molecule has 4 aromatic rings. The van der Waals surface area contributed by atoms with E-state index in [9.17, 15) is 24.0 Å². The van der Waals surface area contributed by atoms with Crippen LogP contribution < -0.4 is 22.5 Å². The summed E-state index contributed by atoms with van der Waals surface area (Å²) in [5.41, 5.74) is -0.355. The number of rotatable bonds is 10. The van der Waals surface area contributed by atoms with E-state index < -0.39 is 5.60 Å². The molecular weight excluding hydrogens is 632 g/mol.